The Hall–Kier alpha value is -1.58. The number of aryl methyl sites for hydroxylation is 2. The minimum Gasteiger partial charge on any atom is -0.496 e. The first-order chi connectivity index (χ1) is 9.43. The van der Waals surface area contributed by atoms with Crippen molar-refractivity contribution in [2.45, 2.75) is 19.9 Å². The van der Waals surface area contributed by atoms with Crippen LogP contribution in [0.4, 0.5) is 4.39 Å². The smallest absolute Gasteiger partial charge is 0.141 e. The molecule has 0 aliphatic heterocycles. The molecule has 0 fully saturated rings. The first kappa shape index (κ1) is 14.8. The van der Waals surface area contributed by atoms with Crippen molar-refractivity contribution in [3.8, 4) is 5.75 Å². The zero-order valence-corrected chi connectivity index (χ0v) is 12.5. The molecule has 2 nitrogen and oxygen atoms in total. The molecule has 0 aliphatic rings. The van der Waals surface area contributed by atoms with Crippen LogP contribution in [0.5, 0.6) is 5.75 Å². The van der Waals surface area contributed by atoms with E-state index in [0.29, 0.717) is 0 Å². The van der Waals surface area contributed by atoms with Gasteiger partial charge < -0.3 is 10.5 Å². The van der Waals surface area contributed by atoms with Gasteiger partial charge in [0.1, 0.15) is 11.6 Å². The minimum absolute atomic E-state index is 0.0841. The highest BCUT2D eigenvalue weighted by Gasteiger charge is 2.15. The van der Waals surface area contributed by atoms with E-state index in [0.717, 1.165) is 28.0 Å². The van der Waals surface area contributed by atoms with Crippen molar-refractivity contribution in [1.82, 2.24) is 0 Å². The van der Waals surface area contributed by atoms with Crippen molar-refractivity contribution in [3.05, 3.63) is 63.4 Å². The lowest BCUT2D eigenvalue weighted by Crippen LogP contribution is -2.14. The number of halogens is 2. The molecule has 20 heavy (non-hydrogen) atoms. The molecular weight excluding hydrogens is 277 g/mol. The van der Waals surface area contributed by atoms with E-state index in [1.54, 1.807) is 19.2 Å². The molecule has 0 saturated heterocycles. The van der Waals surface area contributed by atoms with Crippen molar-refractivity contribution >= 4 is 11.6 Å². The molecule has 0 saturated carbocycles. The Bertz CT molecular complexity index is 643. The van der Waals surface area contributed by atoms with Crippen molar-refractivity contribution < 1.29 is 9.13 Å². The molecule has 0 bridgehead atoms. The quantitative estimate of drug-likeness (QED) is 0.922. The van der Waals surface area contributed by atoms with Crippen LogP contribution >= 0.6 is 11.6 Å². The summed E-state index contributed by atoms with van der Waals surface area (Å²) in [6, 6.07) is 8.16. The van der Waals surface area contributed by atoms with Crippen LogP contribution in [-0.2, 0) is 0 Å². The van der Waals surface area contributed by atoms with Crippen LogP contribution < -0.4 is 10.5 Å². The molecular formula is C16H17ClFNO. The Morgan fingerprint density at radius 3 is 2.45 bits per heavy atom. The fourth-order valence-corrected chi connectivity index (χ4v) is 2.44. The van der Waals surface area contributed by atoms with E-state index in [2.05, 4.69) is 0 Å². The average molecular weight is 294 g/mol. The van der Waals surface area contributed by atoms with Gasteiger partial charge in [0.25, 0.3) is 0 Å². The molecule has 0 amide bonds. The Kier molecular flexibility index (Phi) is 4.31. The first-order valence-electron chi connectivity index (χ1n) is 6.29. The number of ether oxygens (including phenoxy) is 1. The van der Waals surface area contributed by atoms with E-state index in [4.69, 9.17) is 22.1 Å². The summed E-state index contributed by atoms with van der Waals surface area (Å²) in [5, 5.41) is 0.0841. The van der Waals surface area contributed by atoms with Gasteiger partial charge >= 0.3 is 0 Å². The molecule has 2 aromatic carbocycles. The summed E-state index contributed by atoms with van der Waals surface area (Å²) >= 11 is 5.81. The third-order valence-corrected chi connectivity index (χ3v) is 3.71. The maximum atomic E-state index is 13.2. The lowest BCUT2D eigenvalue weighted by Gasteiger charge is -2.18. The van der Waals surface area contributed by atoms with E-state index >= 15 is 0 Å². The summed E-state index contributed by atoms with van der Waals surface area (Å²) in [5.74, 6) is 0.390. The van der Waals surface area contributed by atoms with Crippen LogP contribution in [0, 0.1) is 19.7 Å². The highest BCUT2D eigenvalue weighted by Crippen LogP contribution is 2.30. The van der Waals surface area contributed by atoms with Crippen LogP contribution in [0.2, 0.25) is 5.02 Å². The largest absolute Gasteiger partial charge is 0.496 e. The molecule has 2 aromatic rings. The molecule has 0 heterocycles. The van der Waals surface area contributed by atoms with Gasteiger partial charge in [-0.25, -0.2) is 4.39 Å². The summed E-state index contributed by atoms with van der Waals surface area (Å²) in [5.41, 5.74) is 10.1. The Balaban J connectivity index is 2.45. The number of nitrogens with two attached hydrogens (primary N) is 1. The van der Waals surface area contributed by atoms with Gasteiger partial charge in [-0.2, -0.15) is 0 Å². The predicted molar refractivity (Wildman–Crippen MR) is 79.9 cm³/mol. The molecule has 1 atom stereocenters. The second kappa shape index (κ2) is 5.81. The number of hydrogen-bond donors (Lipinski definition) is 1. The fraction of sp³-hybridized carbons (Fsp3) is 0.250. The van der Waals surface area contributed by atoms with Gasteiger partial charge in [0, 0.05) is 0 Å². The third kappa shape index (κ3) is 2.79. The van der Waals surface area contributed by atoms with E-state index < -0.39 is 5.82 Å². The molecule has 0 aromatic heterocycles. The highest BCUT2D eigenvalue weighted by atomic mass is 35.5. The molecule has 106 valence electrons. The SMILES string of the molecule is COc1cc(C)c(C(N)c2ccc(F)c(Cl)c2)cc1C. The number of methoxy groups -OCH3 is 1. The summed E-state index contributed by atoms with van der Waals surface area (Å²) in [6.07, 6.45) is 0. The zero-order chi connectivity index (χ0) is 14.9. The molecule has 1 unspecified atom stereocenters. The zero-order valence-electron chi connectivity index (χ0n) is 11.7. The van der Waals surface area contributed by atoms with Gasteiger partial charge in [0.2, 0.25) is 0 Å². The summed E-state index contributed by atoms with van der Waals surface area (Å²) < 4.78 is 18.5. The van der Waals surface area contributed by atoms with Crippen molar-refractivity contribution in [2.24, 2.45) is 5.73 Å². The monoisotopic (exact) mass is 293 g/mol. The Morgan fingerprint density at radius 1 is 1.15 bits per heavy atom. The van der Waals surface area contributed by atoms with Gasteiger partial charge in [-0.05, 0) is 54.3 Å². The van der Waals surface area contributed by atoms with E-state index in [1.165, 1.54) is 6.07 Å². The van der Waals surface area contributed by atoms with Crippen LogP contribution in [0.3, 0.4) is 0 Å². The molecule has 4 heteroatoms. The number of benzene rings is 2. The lowest BCUT2D eigenvalue weighted by atomic mass is 9.94. The summed E-state index contributed by atoms with van der Waals surface area (Å²) in [4.78, 5) is 0. The Labute approximate surface area is 123 Å². The molecule has 2 rings (SSSR count). The summed E-state index contributed by atoms with van der Waals surface area (Å²) in [6.45, 7) is 3.94. The highest BCUT2D eigenvalue weighted by molar-refractivity contribution is 6.30. The average Bonchev–Trinajstić information content (AvgIpc) is 2.43. The van der Waals surface area contributed by atoms with E-state index in [1.807, 2.05) is 26.0 Å². The standard InChI is InChI=1S/C16H17ClFNO/c1-9-7-15(20-3)10(2)6-12(9)16(19)11-4-5-14(18)13(17)8-11/h4-8,16H,19H2,1-3H3. The van der Waals surface area contributed by atoms with Gasteiger partial charge in [0.05, 0.1) is 18.2 Å². The maximum absolute atomic E-state index is 13.2. The fourth-order valence-electron chi connectivity index (χ4n) is 2.25. The van der Waals surface area contributed by atoms with Gasteiger partial charge in [-0.15, -0.1) is 0 Å². The lowest BCUT2D eigenvalue weighted by molar-refractivity contribution is 0.411. The Morgan fingerprint density at radius 2 is 1.85 bits per heavy atom. The van der Waals surface area contributed by atoms with Crippen molar-refractivity contribution in [3.63, 3.8) is 0 Å². The van der Waals surface area contributed by atoms with Crippen LogP contribution in [0.25, 0.3) is 0 Å². The molecule has 0 aliphatic carbocycles. The molecule has 0 radical (unpaired) electrons. The molecule has 2 N–H and O–H groups in total. The van der Waals surface area contributed by atoms with E-state index in [-0.39, 0.29) is 11.1 Å². The first-order valence-corrected chi connectivity index (χ1v) is 6.67. The van der Waals surface area contributed by atoms with Gasteiger partial charge in [-0.3, -0.25) is 0 Å². The predicted octanol–water partition coefficient (Wildman–Crippen LogP) is 4.15. The van der Waals surface area contributed by atoms with E-state index in [9.17, 15) is 4.39 Å². The second-order valence-corrected chi connectivity index (χ2v) is 5.24. The number of hydrogen-bond acceptors (Lipinski definition) is 2. The second-order valence-electron chi connectivity index (χ2n) is 4.83. The van der Waals surface area contributed by atoms with Gasteiger partial charge in [0.15, 0.2) is 0 Å². The van der Waals surface area contributed by atoms with Crippen LogP contribution in [-0.4, -0.2) is 7.11 Å². The van der Waals surface area contributed by atoms with Crippen LogP contribution in [0.15, 0.2) is 30.3 Å². The topological polar surface area (TPSA) is 35.2 Å². The summed E-state index contributed by atoms with van der Waals surface area (Å²) in [7, 11) is 1.64. The van der Waals surface area contributed by atoms with Crippen LogP contribution in [0.1, 0.15) is 28.3 Å². The minimum atomic E-state index is -0.440. The maximum Gasteiger partial charge on any atom is 0.141 e. The molecule has 0 spiro atoms. The third-order valence-electron chi connectivity index (χ3n) is 3.42. The van der Waals surface area contributed by atoms with Gasteiger partial charge in [-0.1, -0.05) is 23.7 Å². The number of rotatable bonds is 3. The van der Waals surface area contributed by atoms with Crippen molar-refractivity contribution in [2.75, 3.05) is 7.11 Å². The van der Waals surface area contributed by atoms with Crippen molar-refractivity contribution in [1.29, 1.82) is 0 Å². The normalized spacial score (nSPS) is 12.3.